The van der Waals surface area contributed by atoms with Crippen molar-refractivity contribution in [2.75, 3.05) is 0 Å². The Morgan fingerprint density at radius 2 is 1.63 bits per heavy atom. The Labute approximate surface area is 171 Å². The molecule has 0 radical (unpaired) electrons. The topological polar surface area (TPSA) is 0 Å². The normalized spacial score (nSPS) is 43.9. The molecule has 4 aliphatic carbocycles. The zero-order chi connectivity index (χ0) is 20.3. The maximum Gasteiger partial charge on any atom is -0.00479 e. The molecule has 3 fully saturated rings. The van der Waals surface area contributed by atoms with Crippen molar-refractivity contribution in [3.8, 4) is 0 Å². The molecule has 0 heteroatoms. The van der Waals surface area contributed by atoms with Gasteiger partial charge in [0.2, 0.25) is 0 Å². The lowest BCUT2D eigenvalue weighted by Gasteiger charge is -2.60. The van der Waals surface area contributed by atoms with Crippen molar-refractivity contribution in [3.05, 3.63) is 23.3 Å². The Morgan fingerprint density at radius 3 is 2.26 bits per heavy atom. The van der Waals surface area contributed by atoms with E-state index in [4.69, 9.17) is 0 Å². The van der Waals surface area contributed by atoms with Gasteiger partial charge in [0.25, 0.3) is 0 Å². The molecule has 0 aromatic heterocycles. The molecule has 156 valence electrons. The largest absolute Gasteiger partial charge is 0.0879 e. The minimum Gasteiger partial charge on any atom is -0.0879 e. The first-order chi connectivity index (χ1) is 12.9. The van der Waals surface area contributed by atoms with Crippen LogP contribution in [0.15, 0.2) is 23.3 Å². The summed E-state index contributed by atoms with van der Waals surface area (Å²) < 4.78 is 0. The smallest absolute Gasteiger partial charge is 0.00479 e. The third-order valence-electron chi connectivity index (χ3n) is 8.89. The summed E-state index contributed by atoms with van der Waals surface area (Å²) >= 11 is 0. The van der Waals surface area contributed by atoms with E-state index < -0.39 is 0 Å². The molecule has 0 heterocycles. The van der Waals surface area contributed by atoms with Crippen LogP contribution in [0.25, 0.3) is 0 Å². The first-order valence-electron chi connectivity index (χ1n) is 12.2. The van der Waals surface area contributed by atoms with Gasteiger partial charge in [0.1, 0.15) is 0 Å². The van der Waals surface area contributed by atoms with Crippen molar-refractivity contribution in [1.82, 2.24) is 0 Å². The molecule has 4 rings (SSSR count). The Kier molecular flexibility index (Phi) is 7.48. The molecule has 0 saturated heterocycles. The molecule has 0 aromatic rings. The molecule has 0 N–H and O–H groups in total. The summed E-state index contributed by atoms with van der Waals surface area (Å²) in [6.45, 7) is 18.3. The predicted molar refractivity (Wildman–Crippen MR) is 122 cm³/mol. The van der Waals surface area contributed by atoms with Crippen molar-refractivity contribution >= 4 is 0 Å². The molecule has 2 unspecified atom stereocenters. The highest BCUT2D eigenvalue weighted by atomic mass is 14.6. The fourth-order valence-electron chi connectivity index (χ4n) is 7.18. The van der Waals surface area contributed by atoms with Gasteiger partial charge in [-0.05, 0) is 80.0 Å². The average molecular weight is 373 g/mol. The molecule has 0 aromatic carbocycles. The third kappa shape index (κ3) is 3.60. The standard InChI is InChI=1S/C22H34.C3H8.C2H6/c1-5-16-8-9-18-17-10-14-20(2)12-6-7-13-22(20,4)19(17)11-15-21(16,18)3;1-3-2;1-2/h5,11,17-18H,6-10,12-15H2,1-4H3;3H2,1-2H3;1-2H3/b16-5-;;/t17?,18?,20-,21+,22+;;/m0../s1. The molecule has 5 atom stereocenters. The molecular weight excluding hydrogens is 324 g/mol. The molecule has 0 aliphatic heterocycles. The van der Waals surface area contributed by atoms with E-state index in [9.17, 15) is 0 Å². The van der Waals surface area contributed by atoms with Crippen LogP contribution >= 0.6 is 0 Å². The first kappa shape index (κ1) is 22.8. The summed E-state index contributed by atoms with van der Waals surface area (Å²) in [6, 6.07) is 0. The van der Waals surface area contributed by atoms with E-state index in [0.717, 1.165) is 11.8 Å². The molecule has 0 spiro atoms. The molecule has 3 saturated carbocycles. The zero-order valence-electron chi connectivity index (χ0n) is 19.9. The highest BCUT2D eigenvalue weighted by Crippen LogP contribution is 2.68. The van der Waals surface area contributed by atoms with Gasteiger partial charge in [-0.2, -0.15) is 0 Å². The Morgan fingerprint density at radius 1 is 1.00 bits per heavy atom. The van der Waals surface area contributed by atoms with Gasteiger partial charge in [-0.15, -0.1) is 0 Å². The number of hydrogen-bond donors (Lipinski definition) is 0. The van der Waals surface area contributed by atoms with Crippen LogP contribution < -0.4 is 0 Å². The molecule has 4 aliphatic rings. The fourth-order valence-corrected chi connectivity index (χ4v) is 7.18. The van der Waals surface area contributed by atoms with Crippen LogP contribution in [-0.2, 0) is 0 Å². The van der Waals surface area contributed by atoms with Crippen LogP contribution in [0.2, 0.25) is 0 Å². The van der Waals surface area contributed by atoms with Crippen LogP contribution in [0, 0.1) is 28.1 Å². The van der Waals surface area contributed by atoms with E-state index in [0.29, 0.717) is 16.2 Å². The Hall–Kier alpha value is -0.520. The van der Waals surface area contributed by atoms with Gasteiger partial charge in [0.05, 0.1) is 0 Å². The van der Waals surface area contributed by atoms with E-state index in [1.807, 2.05) is 19.4 Å². The lowest BCUT2D eigenvalue weighted by atomic mass is 9.44. The highest BCUT2D eigenvalue weighted by molar-refractivity contribution is 5.35. The predicted octanol–water partition coefficient (Wildman–Crippen LogP) is 9.12. The summed E-state index contributed by atoms with van der Waals surface area (Å²) in [6.07, 6.45) is 19.3. The second-order valence-corrected chi connectivity index (χ2v) is 10.2. The van der Waals surface area contributed by atoms with Gasteiger partial charge < -0.3 is 0 Å². The zero-order valence-corrected chi connectivity index (χ0v) is 19.9. The van der Waals surface area contributed by atoms with Gasteiger partial charge in [-0.25, -0.2) is 0 Å². The van der Waals surface area contributed by atoms with Crippen molar-refractivity contribution in [2.24, 2.45) is 28.1 Å². The Balaban J connectivity index is 0.000000478. The third-order valence-corrected chi connectivity index (χ3v) is 8.89. The van der Waals surface area contributed by atoms with Gasteiger partial charge in [0, 0.05) is 0 Å². The molecule has 27 heavy (non-hydrogen) atoms. The Bertz CT molecular complexity index is 552. The summed E-state index contributed by atoms with van der Waals surface area (Å²) in [5.41, 5.74) is 5.25. The van der Waals surface area contributed by atoms with Gasteiger partial charge >= 0.3 is 0 Å². The summed E-state index contributed by atoms with van der Waals surface area (Å²) in [5, 5.41) is 0. The summed E-state index contributed by atoms with van der Waals surface area (Å²) in [4.78, 5) is 0. The van der Waals surface area contributed by atoms with Gasteiger partial charge in [-0.3, -0.25) is 0 Å². The molecule has 0 bridgehead atoms. The highest BCUT2D eigenvalue weighted by Gasteiger charge is 2.58. The van der Waals surface area contributed by atoms with Crippen molar-refractivity contribution in [2.45, 2.75) is 120 Å². The minimum absolute atomic E-state index is 0.488. The maximum absolute atomic E-state index is 2.73. The average Bonchev–Trinajstić information content (AvgIpc) is 3.01. The summed E-state index contributed by atoms with van der Waals surface area (Å²) in [7, 11) is 0. The lowest BCUT2D eigenvalue weighted by molar-refractivity contribution is -0.0213. The molecule has 0 nitrogen and oxygen atoms in total. The number of hydrogen-bond acceptors (Lipinski definition) is 0. The van der Waals surface area contributed by atoms with Gasteiger partial charge in [0.15, 0.2) is 0 Å². The van der Waals surface area contributed by atoms with E-state index in [-0.39, 0.29) is 0 Å². The second-order valence-electron chi connectivity index (χ2n) is 10.2. The molecular formula is C27H48. The minimum atomic E-state index is 0.488. The second kappa shape index (κ2) is 8.87. The van der Waals surface area contributed by atoms with E-state index in [1.54, 1.807) is 5.57 Å². The van der Waals surface area contributed by atoms with Crippen LogP contribution in [-0.4, -0.2) is 0 Å². The van der Waals surface area contributed by atoms with Crippen molar-refractivity contribution in [3.63, 3.8) is 0 Å². The number of fused-ring (bicyclic) bond motifs is 5. The fraction of sp³-hybridized carbons (Fsp3) is 0.852. The number of rotatable bonds is 0. The van der Waals surface area contributed by atoms with E-state index >= 15 is 0 Å². The SMILES string of the molecule is C/C=C1/CCC2C3CC[C@]4(C)CCCC[C@]4(C)C3=CC[C@]12C.CC.CCC. The summed E-state index contributed by atoms with van der Waals surface area (Å²) in [5.74, 6) is 1.83. The van der Waals surface area contributed by atoms with E-state index in [2.05, 4.69) is 53.7 Å². The quantitative estimate of drug-likeness (QED) is 0.372. The van der Waals surface area contributed by atoms with E-state index in [1.165, 1.54) is 64.2 Å². The van der Waals surface area contributed by atoms with Gasteiger partial charge in [-0.1, -0.05) is 91.0 Å². The van der Waals surface area contributed by atoms with Crippen molar-refractivity contribution < 1.29 is 0 Å². The van der Waals surface area contributed by atoms with Crippen LogP contribution in [0.4, 0.5) is 0 Å². The van der Waals surface area contributed by atoms with Crippen molar-refractivity contribution in [1.29, 1.82) is 0 Å². The van der Waals surface area contributed by atoms with Crippen LogP contribution in [0.5, 0.6) is 0 Å². The lowest BCUT2D eigenvalue weighted by Crippen LogP contribution is -2.51. The number of allylic oxidation sites excluding steroid dienone is 4. The van der Waals surface area contributed by atoms with Crippen LogP contribution in [0.1, 0.15) is 120 Å². The van der Waals surface area contributed by atoms with Crippen LogP contribution in [0.3, 0.4) is 0 Å². The monoisotopic (exact) mass is 372 g/mol. The first-order valence-corrected chi connectivity index (χ1v) is 12.2. The maximum atomic E-state index is 2.73. The molecule has 0 amide bonds.